The zero-order valence-electron chi connectivity index (χ0n) is 18.0. The van der Waals surface area contributed by atoms with Gasteiger partial charge in [0.2, 0.25) is 0 Å². The molecule has 0 saturated carbocycles. The van der Waals surface area contributed by atoms with E-state index in [1.54, 1.807) is 24.3 Å². The molecule has 0 atom stereocenters. The Morgan fingerprint density at radius 2 is 1.17 bits per heavy atom. The normalized spacial score (nSPS) is 14.1. The number of nitrogens with zero attached hydrogens (tertiary/aromatic N) is 6. The maximum Gasteiger partial charge on any atom is 0.123 e. The molecule has 2 aromatic rings. The summed E-state index contributed by atoms with van der Waals surface area (Å²) in [6, 6.07) is 12.6. The number of halogens is 2. The first-order chi connectivity index (χ1) is 14.3. The van der Waals surface area contributed by atoms with Crippen molar-refractivity contribution in [1.82, 2.24) is 10.0 Å². The van der Waals surface area contributed by atoms with E-state index in [1.807, 2.05) is 10.0 Å². The maximum absolute atomic E-state index is 12.7. The summed E-state index contributed by atoms with van der Waals surface area (Å²) < 4.78 is 25.2. The van der Waals surface area contributed by atoms with Gasteiger partial charge in [-0.05, 0) is 89.1 Å². The molecule has 0 bridgehead atoms. The fourth-order valence-corrected chi connectivity index (χ4v) is 2.83. The summed E-state index contributed by atoms with van der Waals surface area (Å²) >= 11 is 0. The van der Waals surface area contributed by atoms with Gasteiger partial charge >= 0.3 is 0 Å². The quantitative estimate of drug-likeness (QED) is 0.381. The van der Waals surface area contributed by atoms with E-state index in [0.29, 0.717) is 23.5 Å². The molecule has 8 heteroatoms. The molecule has 0 spiro atoms. The summed E-state index contributed by atoms with van der Waals surface area (Å²) in [4.78, 5) is 0. The molecule has 0 amide bonds. The lowest BCUT2D eigenvalue weighted by Gasteiger charge is -2.25. The van der Waals surface area contributed by atoms with Crippen LogP contribution in [0.3, 0.4) is 0 Å². The Labute approximate surface area is 177 Å². The molecule has 6 nitrogen and oxygen atoms in total. The zero-order chi connectivity index (χ0) is 21.9. The van der Waals surface area contributed by atoms with Crippen molar-refractivity contribution in [3.63, 3.8) is 0 Å². The highest BCUT2D eigenvalue weighted by atomic mass is 19.1. The van der Waals surface area contributed by atoms with Crippen LogP contribution in [0.25, 0.3) is 0 Å². The lowest BCUT2D eigenvalue weighted by Crippen LogP contribution is -2.31. The summed E-state index contributed by atoms with van der Waals surface area (Å²) in [5.74, 6) is -0.506. The second kappa shape index (κ2) is 11.9. The number of benzene rings is 2. The lowest BCUT2D eigenvalue weighted by atomic mass is 10.3. The molecule has 1 fully saturated rings. The summed E-state index contributed by atoms with van der Waals surface area (Å²) in [6.45, 7) is 10.2. The molecule has 0 aromatic heterocycles. The van der Waals surface area contributed by atoms with Crippen LogP contribution in [0.15, 0.2) is 69.2 Å². The van der Waals surface area contributed by atoms with E-state index in [0.717, 1.165) is 13.1 Å². The fourth-order valence-electron chi connectivity index (χ4n) is 2.83. The van der Waals surface area contributed by atoms with E-state index in [2.05, 4.69) is 48.4 Å². The van der Waals surface area contributed by atoms with Gasteiger partial charge < -0.3 is 0 Å². The van der Waals surface area contributed by atoms with E-state index < -0.39 is 0 Å². The second-order valence-electron chi connectivity index (χ2n) is 7.56. The minimum Gasteiger partial charge on any atom is -0.278 e. The first kappa shape index (κ1) is 23.4. The summed E-state index contributed by atoms with van der Waals surface area (Å²) in [7, 11) is 0. The number of hydrogen-bond acceptors (Lipinski definition) is 4. The van der Waals surface area contributed by atoms with Crippen LogP contribution in [-0.4, -0.2) is 35.2 Å². The van der Waals surface area contributed by atoms with Gasteiger partial charge in [0.15, 0.2) is 0 Å². The van der Waals surface area contributed by atoms with Crippen molar-refractivity contribution in [1.29, 1.82) is 0 Å². The molecule has 1 heterocycles. The van der Waals surface area contributed by atoms with Crippen molar-refractivity contribution in [3.05, 3.63) is 60.2 Å². The second-order valence-corrected chi connectivity index (χ2v) is 7.56. The highest BCUT2D eigenvalue weighted by Crippen LogP contribution is 2.16. The Balaban J connectivity index is 0.000000215. The molecule has 1 saturated heterocycles. The van der Waals surface area contributed by atoms with Crippen molar-refractivity contribution in [2.75, 3.05) is 13.1 Å². The maximum atomic E-state index is 12.7. The molecule has 0 unspecified atom stereocenters. The highest BCUT2D eigenvalue weighted by Gasteiger charge is 2.10. The smallest absolute Gasteiger partial charge is 0.123 e. The van der Waals surface area contributed by atoms with Crippen LogP contribution in [-0.2, 0) is 0 Å². The fraction of sp³-hybridized carbons (Fsp3) is 0.455. The van der Waals surface area contributed by atoms with Gasteiger partial charge in [0, 0.05) is 25.2 Å². The predicted octanol–water partition coefficient (Wildman–Crippen LogP) is 6.86. The van der Waals surface area contributed by atoms with Gasteiger partial charge in [-0.1, -0.05) is 10.4 Å². The van der Waals surface area contributed by atoms with E-state index in [-0.39, 0.29) is 11.6 Å². The van der Waals surface area contributed by atoms with E-state index in [9.17, 15) is 8.78 Å². The average molecular weight is 417 g/mol. The van der Waals surface area contributed by atoms with Crippen molar-refractivity contribution in [2.24, 2.45) is 20.7 Å². The SMILES string of the molecule is CC(C)N(N=Nc1ccc(F)cc1)C(C)C.Fc1ccc(N=NN2CCCC2)cc1. The van der Waals surface area contributed by atoms with E-state index in [4.69, 9.17) is 0 Å². The minimum atomic E-state index is -0.261. The van der Waals surface area contributed by atoms with Crippen molar-refractivity contribution < 1.29 is 8.78 Å². The van der Waals surface area contributed by atoms with Crippen LogP contribution < -0.4 is 0 Å². The topological polar surface area (TPSA) is 55.9 Å². The van der Waals surface area contributed by atoms with Gasteiger partial charge in [-0.15, -0.1) is 10.2 Å². The predicted molar refractivity (Wildman–Crippen MR) is 115 cm³/mol. The Morgan fingerprint density at radius 3 is 1.60 bits per heavy atom. The Bertz CT molecular complexity index is 789. The molecule has 30 heavy (non-hydrogen) atoms. The van der Waals surface area contributed by atoms with Gasteiger partial charge in [0.1, 0.15) is 11.6 Å². The zero-order valence-corrected chi connectivity index (χ0v) is 18.0. The lowest BCUT2D eigenvalue weighted by molar-refractivity contribution is 0.169. The largest absolute Gasteiger partial charge is 0.278 e. The molecular formula is C22H30F2N6. The molecule has 162 valence electrons. The van der Waals surface area contributed by atoms with Gasteiger partial charge in [-0.2, -0.15) is 0 Å². The first-order valence-electron chi connectivity index (χ1n) is 10.2. The van der Waals surface area contributed by atoms with Gasteiger partial charge in [-0.25, -0.2) is 8.78 Å². The Morgan fingerprint density at radius 1 is 0.733 bits per heavy atom. The van der Waals surface area contributed by atoms with E-state index >= 15 is 0 Å². The highest BCUT2D eigenvalue weighted by molar-refractivity contribution is 5.35. The van der Waals surface area contributed by atoms with Crippen LogP contribution in [0.4, 0.5) is 20.2 Å². The summed E-state index contributed by atoms with van der Waals surface area (Å²) in [5, 5.41) is 20.1. The average Bonchev–Trinajstić information content (AvgIpc) is 3.23. The number of rotatable bonds is 6. The molecule has 0 aliphatic carbocycles. The van der Waals surface area contributed by atoms with E-state index in [1.165, 1.54) is 37.1 Å². The van der Waals surface area contributed by atoms with Crippen molar-refractivity contribution in [2.45, 2.75) is 52.6 Å². The van der Waals surface area contributed by atoms with Crippen LogP contribution in [0, 0.1) is 11.6 Å². The Kier molecular flexibility index (Phi) is 9.31. The van der Waals surface area contributed by atoms with Gasteiger partial charge in [-0.3, -0.25) is 10.0 Å². The van der Waals surface area contributed by atoms with Gasteiger partial charge in [0.05, 0.1) is 11.4 Å². The van der Waals surface area contributed by atoms with Crippen molar-refractivity contribution >= 4 is 11.4 Å². The minimum absolute atomic E-state index is 0.245. The van der Waals surface area contributed by atoms with Crippen LogP contribution in [0.5, 0.6) is 0 Å². The molecule has 0 radical (unpaired) electrons. The van der Waals surface area contributed by atoms with Gasteiger partial charge in [0.25, 0.3) is 0 Å². The molecule has 2 aromatic carbocycles. The summed E-state index contributed by atoms with van der Waals surface area (Å²) in [5.41, 5.74) is 1.35. The number of hydrogen-bond donors (Lipinski definition) is 0. The standard InChI is InChI=1S/C12H18FN3.C10H12FN3/c1-9(2)16(10(3)4)15-14-12-7-5-11(13)6-8-12;11-9-3-5-10(6-4-9)12-13-14-7-1-2-8-14/h5-10H,1-4H3;3-6H,1-2,7-8H2. The summed E-state index contributed by atoms with van der Waals surface area (Å²) in [6.07, 6.45) is 2.37. The molecule has 1 aliphatic rings. The monoisotopic (exact) mass is 416 g/mol. The molecular weight excluding hydrogens is 386 g/mol. The van der Waals surface area contributed by atoms with Crippen molar-refractivity contribution in [3.8, 4) is 0 Å². The van der Waals surface area contributed by atoms with Crippen LogP contribution in [0.1, 0.15) is 40.5 Å². The third-order valence-corrected chi connectivity index (χ3v) is 4.34. The van der Waals surface area contributed by atoms with Crippen LogP contribution in [0.2, 0.25) is 0 Å². The Hall–Kier alpha value is -2.90. The molecule has 3 rings (SSSR count). The molecule has 1 aliphatic heterocycles. The van der Waals surface area contributed by atoms with Crippen LogP contribution >= 0.6 is 0 Å². The molecule has 0 N–H and O–H groups in total. The third kappa shape index (κ3) is 8.23. The first-order valence-corrected chi connectivity index (χ1v) is 10.2. The third-order valence-electron chi connectivity index (χ3n) is 4.34.